The Hall–Kier alpha value is -4.18. The lowest BCUT2D eigenvalue weighted by Crippen LogP contribution is -2.29. The highest BCUT2D eigenvalue weighted by molar-refractivity contribution is 7.17. The fourth-order valence-electron chi connectivity index (χ4n) is 4.61. The van der Waals surface area contributed by atoms with Gasteiger partial charge in [-0.25, -0.2) is 9.78 Å². The molecule has 0 aliphatic carbocycles. The molecule has 0 bridgehead atoms. The molecule has 1 saturated heterocycles. The average Bonchev–Trinajstić information content (AvgIpc) is 3.50. The van der Waals surface area contributed by atoms with Crippen molar-refractivity contribution in [1.29, 1.82) is 0 Å². The molecule has 9 nitrogen and oxygen atoms in total. The molecule has 0 saturated carbocycles. The van der Waals surface area contributed by atoms with Crippen LogP contribution in [0.2, 0.25) is 0 Å². The summed E-state index contributed by atoms with van der Waals surface area (Å²) < 4.78 is 16.7. The number of unbranched alkanes of at least 4 members (excludes halogenated alkanes) is 2. The molecule has 1 unspecified atom stereocenters. The minimum atomic E-state index is -1.00. The maximum absolute atomic E-state index is 13.6. The van der Waals surface area contributed by atoms with Gasteiger partial charge in [-0.2, -0.15) is 0 Å². The Bertz CT molecular complexity index is 1460. The molecule has 1 N–H and O–H groups in total. The number of nitrogens with zero attached hydrogens (tertiary/aromatic N) is 2. The quantitative estimate of drug-likeness (QED) is 0.0775. The standard InChI is InChI=1S/C32H36N2O7S/c1-5-8-9-18-41-23-15-13-21(14-16-23)26-25(27(35)22-11-10-12-24(19-22)40-17-6-2)28(36)30(37)34(26)32-33-20(4)29(42-32)31(38)39-7-3/h10-16,19,26,35H,5-9,17-18H2,1-4H3/b27-25+. The monoisotopic (exact) mass is 592 g/mol. The minimum Gasteiger partial charge on any atom is -0.507 e. The summed E-state index contributed by atoms with van der Waals surface area (Å²) in [4.78, 5) is 45.6. The van der Waals surface area contributed by atoms with Crippen molar-refractivity contribution in [2.24, 2.45) is 0 Å². The van der Waals surface area contributed by atoms with Gasteiger partial charge >= 0.3 is 11.9 Å². The molecule has 3 aromatic rings. The number of aryl methyl sites for hydroxylation is 1. The summed E-state index contributed by atoms with van der Waals surface area (Å²) in [6.07, 6.45) is 3.90. The lowest BCUT2D eigenvalue weighted by molar-refractivity contribution is -0.132. The van der Waals surface area contributed by atoms with E-state index in [0.29, 0.717) is 41.5 Å². The molecule has 10 heteroatoms. The maximum atomic E-state index is 13.6. The van der Waals surface area contributed by atoms with E-state index in [1.54, 1.807) is 62.4 Å². The van der Waals surface area contributed by atoms with Crippen LogP contribution in [0.15, 0.2) is 54.1 Å². The van der Waals surface area contributed by atoms with Gasteiger partial charge in [-0.1, -0.05) is 62.3 Å². The summed E-state index contributed by atoms with van der Waals surface area (Å²) in [7, 11) is 0. The van der Waals surface area contributed by atoms with Crippen molar-refractivity contribution in [2.75, 3.05) is 24.7 Å². The van der Waals surface area contributed by atoms with E-state index in [1.165, 1.54) is 4.90 Å². The molecular weight excluding hydrogens is 556 g/mol. The number of aromatic nitrogens is 1. The number of anilines is 1. The second-order valence-corrected chi connectivity index (χ2v) is 10.8. The van der Waals surface area contributed by atoms with E-state index in [2.05, 4.69) is 11.9 Å². The molecule has 1 amide bonds. The molecule has 1 atom stereocenters. The molecule has 42 heavy (non-hydrogen) atoms. The zero-order chi connectivity index (χ0) is 30.2. The number of ketones is 1. The third kappa shape index (κ3) is 6.65. The number of ether oxygens (including phenoxy) is 3. The van der Waals surface area contributed by atoms with Crippen molar-refractivity contribution < 1.29 is 33.7 Å². The molecule has 2 heterocycles. The van der Waals surface area contributed by atoms with Crippen molar-refractivity contribution in [3.05, 3.63) is 75.8 Å². The zero-order valence-electron chi connectivity index (χ0n) is 24.3. The number of carbonyl (C=O) groups is 3. The average molecular weight is 593 g/mol. The van der Waals surface area contributed by atoms with Crippen molar-refractivity contribution >= 4 is 39.9 Å². The first kappa shape index (κ1) is 30.8. The third-order valence-electron chi connectivity index (χ3n) is 6.69. The zero-order valence-corrected chi connectivity index (χ0v) is 25.2. The number of rotatable bonds is 13. The molecule has 0 spiro atoms. The topological polar surface area (TPSA) is 115 Å². The van der Waals surface area contributed by atoms with Crippen LogP contribution in [0.5, 0.6) is 11.5 Å². The van der Waals surface area contributed by atoms with Crippen LogP contribution < -0.4 is 14.4 Å². The van der Waals surface area contributed by atoms with Gasteiger partial charge in [-0.3, -0.25) is 14.5 Å². The highest BCUT2D eigenvalue weighted by Gasteiger charge is 2.48. The Morgan fingerprint density at radius 3 is 2.40 bits per heavy atom. The van der Waals surface area contributed by atoms with Gasteiger partial charge in [0.05, 0.1) is 37.1 Å². The van der Waals surface area contributed by atoms with Crippen LogP contribution in [0.3, 0.4) is 0 Å². The maximum Gasteiger partial charge on any atom is 0.350 e. The van der Waals surface area contributed by atoms with E-state index in [4.69, 9.17) is 14.2 Å². The number of carbonyl (C=O) groups excluding carboxylic acids is 3. The largest absolute Gasteiger partial charge is 0.507 e. The van der Waals surface area contributed by atoms with Crippen molar-refractivity contribution in [1.82, 2.24) is 4.98 Å². The molecule has 0 radical (unpaired) electrons. The van der Waals surface area contributed by atoms with E-state index < -0.39 is 23.7 Å². The first-order chi connectivity index (χ1) is 20.3. The van der Waals surface area contributed by atoms with Crippen LogP contribution in [-0.4, -0.2) is 47.6 Å². The van der Waals surface area contributed by atoms with Crippen LogP contribution in [0.25, 0.3) is 5.76 Å². The highest BCUT2D eigenvalue weighted by Crippen LogP contribution is 2.44. The van der Waals surface area contributed by atoms with E-state index in [0.717, 1.165) is 37.0 Å². The van der Waals surface area contributed by atoms with Crippen LogP contribution in [0.1, 0.15) is 79.0 Å². The summed E-state index contributed by atoms with van der Waals surface area (Å²) in [5.41, 5.74) is 1.20. The fourth-order valence-corrected chi connectivity index (χ4v) is 5.60. The Kier molecular flexibility index (Phi) is 10.4. The summed E-state index contributed by atoms with van der Waals surface area (Å²) in [6.45, 7) is 8.71. The van der Waals surface area contributed by atoms with E-state index in [9.17, 15) is 19.5 Å². The first-order valence-corrected chi connectivity index (χ1v) is 15.0. The van der Waals surface area contributed by atoms with Gasteiger partial charge in [0.1, 0.15) is 22.1 Å². The van der Waals surface area contributed by atoms with Crippen molar-refractivity contribution in [3.8, 4) is 11.5 Å². The summed E-state index contributed by atoms with van der Waals surface area (Å²) in [6, 6.07) is 12.8. The molecule has 2 aromatic carbocycles. The third-order valence-corrected chi connectivity index (χ3v) is 7.83. The molecule has 4 rings (SSSR count). The van der Waals surface area contributed by atoms with Crippen LogP contribution in [-0.2, 0) is 14.3 Å². The van der Waals surface area contributed by atoms with Gasteiger partial charge in [0, 0.05) is 5.56 Å². The molecule has 1 aliphatic heterocycles. The number of esters is 1. The summed E-state index contributed by atoms with van der Waals surface area (Å²) in [5.74, 6) is -1.41. The van der Waals surface area contributed by atoms with Crippen molar-refractivity contribution in [2.45, 2.75) is 59.4 Å². The normalized spacial score (nSPS) is 16.1. The van der Waals surface area contributed by atoms with E-state index in [1.807, 2.05) is 6.92 Å². The molecule has 222 valence electrons. The number of Topliss-reactive ketones (excluding diaryl/α,β-unsaturated/α-hetero) is 1. The fraction of sp³-hybridized carbons (Fsp3) is 0.375. The van der Waals surface area contributed by atoms with Crippen LogP contribution in [0, 0.1) is 6.92 Å². The predicted molar refractivity (Wildman–Crippen MR) is 161 cm³/mol. The predicted octanol–water partition coefficient (Wildman–Crippen LogP) is 6.61. The first-order valence-electron chi connectivity index (χ1n) is 14.2. The summed E-state index contributed by atoms with van der Waals surface area (Å²) >= 11 is 0.967. The number of hydrogen-bond acceptors (Lipinski definition) is 9. The smallest absolute Gasteiger partial charge is 0.350 e. The molecule has 1 aromatic heterocycles. The van der Waals surface area contributed by atoms with Gasteiger partial charge in [0.15, 0.2) is 5.13 Å². The van der Waals surface area contributed by atoms with Crippen molar-refractivity contribution in [3.63, 3.8) is 0 Å². The van der Waals surface area contributed by atoms with Gasteiger partial charge in [0.25, 0.3) is 5.78 Å². The Balaban J connectivity index is 1.80. The SMILES string of the molecule is CCCCCOc1ccc(C2/C(=C(\O)c3cccc(OCCC)c3)C(=O)C(=O)N2c2nc(C)c(C(=O)OCC)s2)cc1. The Labute approximate surface area is 249 Å². The minimum absolute atomic E-state index is 0.0882. The number of aliphatic hydroxyl groups is 1. The Morgan fingerprint density at radius 2 is 1.71 bits per heavy atom. The van der Waals surface area contributed by atoms with Crippen LogP contribution >= 0.6 is 11.3 Å². The van der Waals surface area contributed by atoms with Crippen LogP contribution in [0.4, 0.5) is 5.13 Å². The lowest BCUT2D eigenvalue weighted by atomic mass is 9.95. The number of aliphatic hydroxyl groups excluding tert-OH is 1. The highest BCUT2D eigenvalue weighted by atomic mass is 32.1. The number of thiazole rings is 1. The number of benzene rings is 2. The van der Waals surface area contributed by atoms with Gasteiger partial charge in [-0.05, 0) is 56.5 Å². The second-order valence-electron chi connectivity index (χ2n) is 9.80. The molecule has 1 aliphatic rings. The van der Waals surface area contributed by atoms with E-state index in [-0.39, 0.29) is 27.9 Å². The van der Waals surface area contributed by atoms with E-state index >= 15 is 0 Å². The second kappa shape index (κ2) is 14.1. The number of hydrogen-bond donors (Lipinski definition) is 1. The molecule has 1 fully saturated rings. The lowest BCUT2D eigenvalue weighted by Gasteiger charge is -2.23. The summed E-state index contributed by atoms with van der Waals surface area (Å²) in [5, 5.41) is 11.7. The van der Waals surface area contributed by atoms with Gasteiger partial charge < -0.3 is 19.3 Å². The molecular formula is C32H36N2O7S. The van der Waals surface area contributed by atoms with Gasteiger partial charge in [0.2, 0.25) is 0 Å². The number of amides is 1. The van der Waals surface area contributed by atoms with Gasteiger partial charge in [-0.15, -0.1) is 0 Å². The Morgan fingerprint density at radius 1 is 0.976 bits per heavy atom.